The number of aliphatic hydroxyl groups is 1. The second-order valence-corrected chi connectivity index (χ2v) is 3.28. The molecule has 0 aliphatic rings. The van der Waals surface area contributed by atoms with Crippen LogP contribution in [0.15, 0.2) is 0 Å². The summed E-state index contributed by atoms with van der Waals surface area (Å²) in [6.45, 7) is 4.87. The summed E-state index contributed by atoms with van der Waals surface area (Å²) in [7, 11) is 0. The van der Waals surface area contributed by atoms with Gasteiger partial charge in [0, 0.05) is 6.61 Å². The lowest BCUT2D eigenvalue weighted by atomic mass is 9.95. The van der Waals surface area contributed by atoms with Crippen LogP contribution in [0.4, 0.5) is 0 Å². The first-order valence-electron chi connectivity index (χ1n) is 4.96. The molecular weight excluding hydrogens is 136 g/mol. The predicted molar refractivity (Wildman–Crippen MR) is 49.6 cm³/mol. The lowest BCUT2D eigenvalue weighted by Gasteiger charge is -2.12. The fraction of sp³-hybridized carbons (Fsp3) is 1.00. The molecule has 0 bridgehead atoms. The Labute approximate surface area is 70.8 Å². The molecule has 0 spiro atoms. The average Bonchev–Trinajstić information content (AvgIpc) is 2.03. The fourth-order valence-electron chi connectivity index (χ4n) is 1.51. The van der Waals surface area contributed by atoms with Crippen molar-refractivity contribution in [3.63, 3.8) is 0 Å². The van der Waals surface area contributed by atoms with Gasteiger partial charge in [-0.2, -0.15) is 0 Å². The molecule has 1 N–H and O–H groups in total. The topological polar surface area (TPSA) is 20.2 Å². The first kappa shape index (κ1) is 11.0. The summed E-state index contributed by atoms with van der Waals surface area (Å²) in [5.74, 6) is 0.909. The van der Waals surface area contributed by atoms with Crippen LogP contribution in [0.3, 0.4) is 0 Å². The van der Waals surface area contributed by atoms with Crippen LogP contribution in [0.25, 0.3) is 0 Å². The van der Waals surface area contributed by atoms with Crippen molar-refractivity contribution < 1.29 is 5.11 Å². The Morgan fingerprint density at radius 1 is 1.09 bits per heavy atom. The van der Waals surface area contributed by atoms with Gasteiger partial charge >= 0.3 is 0 Å². The first-order chi connectivity index (χ1) is 5.35. The zero-order valence-electron chi connectivity index (χ0n) is 7.97. The Morgan fingerprint density at radius 2 is 1.82 bits per heavy atom. The van der Waals surface area contributed by atoms with E-state index in [4.69, 9.17) is 5.11 Å². The number of aliphatic hydroxyl groups excluding tert-OH is 1. The molecule has 0 saturated heterocycles. The summed E-state index contributed by atoms with van der Waals surface area (Å²) in [5, 5.41) is 8.58. The molecule has 68 valence electrons. The Kier molecular flexibility index (Phi) is 8.03. The Morgan fingerprint density at radius 3 is 2.27 bits per heavy atom. The molecule has 0 fully saturated rings. The summed E-state index contributed by atoms with van der Waals surface area (Å²) in [4.78, 5) is 0. The summed E-state index contributed by atoms with van der Waals surface area (Å²) >= 11 is 0. The maximum absolute atomic E-state index is 8.58. The monoisotopic (exact) mass is 158 g/mol. The largest absolute Gasteiger partial charge is 0.396 e. The number of rotatable bonds is 7. The molecule has 0 aliphatic carbocycles. The van der Waals surface area contributed by atoms with E-state index in [1.54, 1.807) is 0 Å². The van der Waals surface area contributed by atoms with Crippen molar-refractivity contribution in [2.75, 3.05) is 6.61 Å². The van der Waals surface area contributed by atoms with E-state index in [-0.39, 0.29) is 0 Å². The van der Waals surface area contributed by atoms with Gasteiger partial charge in [0.25, 0.3) is 0 Å². The third-order valence-corrected chi connectivity index (χ3v) is 2.29. The summed E-state index contributed by atoms with van der Waals surface area (Å²) in [6.07, 6.45) is 7.47. The van der Waals surface area contributed by atoms with E-state index in [0.29, 0.717) is 6.61 Å². The number of hydrogen-bond donors (Lipinski definition) is 1. The quantitative estimate of drug-likeness (QED) is 0.565. The molecule has 1 nitrogen and oxygen atoms in total. The van der Waals surface area contributed by atoms with Gasteiger partial charge in [-0.15, -0.1) is 0 Å². The van der Waals surface area contributed by atoms with E-state index in [2.05, 4.69) is 13.8 Å². The van der Waals surface area contributed by atoms with E-state index < -0.39 is 0 Å². The molecule has 1 atom stereocenters. The lowest BCUT2D eigenvalue weighted by molar-refractivity contribution is 0.275. The molecule has 11 heavy (non-hydrogen) atoms. The number of hydrogen-bond acceptors (Lipinski definition) is 1. The van der Waals surface area contributed by atoms with Gasteiger partial charge in [0.05, 0.1) is 0 Å². The van der Waals surface area contributed by atoms with Crippen LogP contribution in [0.2, 0.25) is 0 Å². The van der Waals surface area contributed by atoms with Crippen LogP contribution in [0.1, 0.15) is 52.4 Å². The van der Waals surface area contributed by atoms with Gasteiger partial charge in [0.2, 0.25) is 0 Å². The van der Waals surface area contributed by atoms with E-state index in [0.717, 1.165) is 12.3 Å². The van der Waals surface area contributed by atoms with Crippen LogP contribution in [-0.2, 0) is 0 Å². The smallest absolute Gasteiger partial charge is 0.0431 e. The molecule has 0 rings (SSSR count). The van der Waals surface area contributed by atoms with Gasteiger partial charge in [0.15, 0.2) is 0 Å². The molecule has 1 unspecified atom stereocenters. The van der Waals surface area contributed by atoms with Crippen molar-refractivity contribution in [1.29, 1.82) is 0 Å². The summed E-state index contributed by atoms with van der Waals surface area (Å²) < 4.78 is 0. The maximum atomic E-state index is 8.58. The third-order valence-electron chi connectivity index (χ3n) is 2.29. The molecule has 0 heterocycles. The SMILES string of the molecule is CCCC(CC)CCCCO. The molecular formula is C10H22O. The van der Waals surface area contributed by atoms with Crippen molar-refractivity contribution in [2.24, 2.45) is 5.92 Å². The minimum atomic E-state index is 0.364. The highest BCUT2D eigenvalue weighted by atomic mass is 16.2. The molecule has 0 aliphatic heterocycles. The minimum Gasteiger partial charge on any atom is -0.396 e. The first-order valence-corrected chi connectivity index (χ1v) is 4.96. The molecule has 0 aromatic carbocycles. The highest BCUT2D eigenvalue weighted by molar-refractivity contribution is 4.56. The standard InChI is InChI=1S/C10H22O/c1-3-7-10(4-2)8-5-6-9-11/h10-11H,3-9H2,1-2H3. The molecule has 0 saturated carbocycles. The van der Waals surface area contributed by atoms with Gasteiger partial charge in [0.1, 0.15) is 0 Å². The van der Waals surface area contributed by atoms with Crippen LogP contribution in [-0.4, -0.2) is 11.7 Å². The maximum Gasteiger partial charge on any atom is 0.0431 e. The third kappa shape index (κ3) is 6.36. The van der Waals surface area contributed by atoms with E-state index in [9.17, 15) is 0 Å². The highest BCUT2D eigenvalue weighted by Gasteiger charge is 2.03. The second kappa shape index (κ2) is 8.06. The molecule has 0 radical (unpaired) electrons. The zero-order chi connectivity index (χ0) is 8.53. The Hall–Kier alpha value is -0.0400. The van der Waals surface area contributed by atoms with Crippen molar-refractivity contribution >= 4 is 0 Å². The van der Waals surface area contributed by atoms with Crippen molar-refractivity contribution in [3.05, 3.63) is 0 Å². The van der Waals surface area contributed by atoms with Gasteiger partial charge in [-0.25, -0.2) is 0 Å². The van der Waals surface area contributed by atoms with Gasteiger partial charge in [-0.3, -0.25) is 0 Å². The summed E-state index contributed by atoms with van der Waals surface area (Å²) in [5.41, 5.74) is 0. The molecule has 1 heteroatoms. The van der Waals surface area contributed by atoms with Crippen molar-refractivity contribution in [3.8, 4) is 0 Å². The Bertz CT molecular complexity index is 71.3. The van der Waals surface area contributed by atoms with Gasteiger partial charge in [-0.05, 0) is 12.3 Å². The molecule has 0 aromatic rings. The van der Waals surface area contributed by atoms with Crippen molar-refractivity contribution in [2.45, 2.75) is 52.4 Å². The zero-order valence-corrected chi connectivity index (χ0v) is 7.97. The van der Waals surface area contributed by atoms with Crippen LogP contribution in [0.5, 0.6) is 0 Å². The summed E-state index contributed by atoms with van der Waals surface area (Å²) in [6, 6.07) is 0. The fourth-order valence-corrected chi connectivity index (χ4v) is 1.51. The normalized spacial score (nSPS) is 13.4. The molecule has 0 aromatic heterocycles. The van der Waals surface area contributed by atoms with E-state index in [1.807, 2.05) is 0 Å². The molecule has 0 amide bonds. The number of unbranched alkanes of at least 4 members (excludes halogenated alkanes) is 1. The predicted octanol–water partition coefficient (Wildman–Crippen LogP) is 2.98. The second-order valence-electron chi connectivity index (χ2n) is 3.28. The minimum absolute atomic E-state index is 0.364. The Balaban J connectivity index is 3.20. The van der Waals surface area contributed by atoms with E-state index in [1.165, 1.54) is 32.1 Å². The lowest BCUT2D eigenvalue weighted by Crippen LogP contribution is -1.98. The highest BCUT2D eigenvalue weighted by Crippen LogP contribution is 2.17. The van der Waals surface area contributed by atoms with Crippen LogP contribution in [0, 0.1) is 5.92 Å². The van der Waals surface area contributed by atoms with Crippen molar-refractivity contribution in [1.82, 2.24) is 0 Å². The van der Waals surface area contributed by atoms with Gasteiger partial charge < -0.3 is 5.11 Å². The van der Waals surface area contributed by atoms with Crippen LogP contribution >= 0.6 is 0 Å². The average molecular weight is 158 g/mol. The van der Waals surface area contributed by atoms with Crippen LogP contribution < -0.4 is 0 Å². The van der Waals surface area contributed by atoms with Gasteiger partial charge in [-0.1, -0.05) is 46.0 Å². The van der Waals surface area contributed by atoms with E-state index >= 15 is 0 Å².